The van der Waals surface area contributed by atoms with E-state index in [0.717, 1.165) is 12.1 Å². The van der Waals surface area contributed by atoms with Crippen LogP contribution in [0.2, 0.25) is 0 Å². The Kier molecular flexibility index (Phi) is 4.60. The van der Waals surface area contributed by atoms with Crippen LogP contribution in [-0.2, 0) is 18.3 Å². The van der Waals surface area contributed by atoms with Gasteiger partial charge in [0.15, 0.2) is 0 Å². The van der Waals surface area contributed by atoms with Crippen LogP contribution in [0.3, 0.4) is 0 Å². The molecule has 1 aliphatic rings. The van der Waals surface area contributed by atoms with Crippen LogP contribution in [0.4, 0.5) is 4.79 Å². The summed E-state index contributed by atoms with van der Waals surface area (Å²) in [6.45, 7) is 1.42. The molecule has 0 saturated carbocycles. The predicted molar refractivity (Wildman–Crippen MR) is 72.2 cm³/mol. The Morgan fingerprint density at radius 2 is 2.35 bits per heavy atom. The molecular formula is C13H20N4O3. The van der Waals surface area contributed by atoms with Gasteiger partial charge in [0.1, 0.15) is 0 Å². The molecule has 0 bridgehead atoms. The highest BCUT2D eigenvalue weighted by Crippen LogP contribution is 2.16. The quantitative estimate of drug-likeness (QED) is 0.839. The molecular weight excluding hydrogens is 260 g/mol. The third-order valence-corrected chi connectivity index (χ3v) is 3.48. The summed E-state index contributed by atoms with van der Waals surface area (Å²) < 4.78 is 1.72. The third kappa shape index (κ3) is 3.72. The average Bonchev–Trinajstić information content (AvgIpc) is 2.84. The molecule has 2 amide bonds. The molecule has 7 heteroatoms. The Balaban J connectivity index is 1.75. The van der Waals surface area contributed by atoms with Crippen LogP contribution in [0.15, 0.2) is 12.3 Å². The van der Waals surface area contributed by atoms with Gasteiger partial charge >= 0.3 is 12.0 Å². The molecule has 0 radical (unpaired) electrons. The number of aromatic nitrogens is 2. The van der Waals surface area contributed by atoms with Gasteiger partial charge in [0, 0.05) is 39.3 Å². The zero-order valence-electron chi connectivity index (χ0n) is 11.6. The molecule has 2 heterocycles. The van der Waals surface area contributed by atoms with Gasteiger partial charge < -0.3 is 15.3 Å². The Hall–Kier alpha value is -2.05. The summed E-state index contributed by atoms with van der Waals surface area (Å²) in [5.41, 5.74) is 0.926. The van der Waals surface area contributed by atoms with Crippen LogP contribution in [0, 0.1) is 5.92 Å². The first kappa shape index (κ1) is 14.4. The molecule has 1 atom stereocenters. The van der Waals surface area contributed by atoms with Crippen molar-refractivity contribution in [2.24, 2.45) is 13.0 Å². The summed E-state index contributed by atoms with van der Waals surface area (Å²) in [7, 11) is 1.85. The maximum atomic E-state index is 12.0. The van der Waals surface area contributed by atoms with Gasteiger partial charge in [0.05, 0.1) is 11.6 Å². The minimum absolute atomic E-state index is 0.188. The Labute approximate surface area is 117 Å². The molecule has 1 aromatic heterocycles. The van der Waals surface area contributed by atoms with Gasteiger partial charge in [-0.2, -0.15) is 5.10 Å². The molecule has 7 nitrogen and oxygen atoms in total. The number of aliphatic carboxylic acids is 1. The summed E-state index contributed by atoms with van der Waals surface area (Å²) in [5.74, 6) is -1.26. The number of piperidine rings is 1. The fourth-order valence-corrected chi connectivity index (χ4v) is 2.37. The van der Waals surface area contributed by atoms with E-state index in [0.29, 0.717) is 32.5 Å². The monoisotopic (exact) mass is 280 g/mol. The Morgan fingerprint density at radius 1 is 1.55 bits per heavy atom. The first-order valence-corrected chi connectivity index (χ1v) is 6.80. The lowest BCUT2D eigenvalue weighted by Gasteiger charge is -2.30. The third-order valence-electron chi connectivity index (χ3n) is 3.48. The van der Waals surface area contributed by atoms with Gasteiger partial charge in [-0.05, 0) is 18.9 Å². The Bertz CT molecular complexity index is 486. The minimum atomic E-state index is -0.823. The van der Waals surface area contributed by atoms with E-state index in [2.05, 4.69) is 10.4 Å². The SMILES string of the molecule is Cn1ccc(CCNC(=O)N2CCC[C@@H](C(=O)O)C2)n1. The predicted octanol–water partition coefficient (Wildman–Crippen LogP) is 0.469. The molecule has 110 valence electrons. The maximum Gasteiger partial charge on any atom is 0.317 e. The molecule has 2 N–H and O–H groups in total. The second-order valence-corrected chi connectivity index (χ2v) is 5.09. The van der Waals surface area contributed by atoms with Crippen LogP contribution in [-0.4, -0.2) is 51.4 Å². The van der Waals surface area contributed by atoms with Crippen molar-refractivity contribution in [1.29, 1.82) is 0 Å². The van der Waals surface area contributed by atoms with Gasteiger partial charge in [-0.1, -0.05) is 0 Å². The van der Waals surface area contributed by atoms with Gasteiger partial charge in [-0.15, -0.1) is 0 Å². The van der Waals surface area contributed by atoms with Crippen LogP contribution in [0.1, 0.15) is 18.5 Å². The highest BCUT2D eigenvalue weighted by molar-refractivity contribution is 5.76. The van der Waals surface area contributed by atoms with E-state index in [-0.39, 0.29) is 6.03 Å². The number of nitrogens with zero attached hydrogens (tertiary/aromatic N) is 3. The lowest BCUT2D eigenvalue weighted by Crippen LogP contribution is -2.47. The molecule has 2 rings (SSSR count). The number of carbonyl (C=O) groups is 2. The summed E-state index contributed by atoms with van der Waals surface area (Å²) >= 11 is 0. The highest BCUT2D eigenvalue weighted by Gasteiger charge is 2.27. The summed E-state index contributed by atoms with van der Waals surface area (Å²) in [5, 5.41) is 16.0. The second-order valence-electron chi connectivity index (χ2n) is 5.09. The molecule has 1 saturated heterocycles. The number of amides is 2. The molecule has 0 spiro atoms. The number of urea groups is 1. The van der Waals surface area contributed by atoms with E-state index in [9.17, 15) is 9.59 Å². The molecule has 1 aromatic rings. The lowest BCUT2D eigenvalue weighted by atomic mass is 9.99. The molecule has 20 heavy (non-hydrogen) atoms. The topological polar surface area (TPSA) is 87.5 Å². The van der Waals surface area contributed by atoms with Gasteiger partial charge in [-0.3, -0.25) is 9.48 Å². The largest absolute Gasteiger partial charge is 0.481 e. The van der Waals surface area contributed by atoms with E-state index >= 15 is 0 Å². The average molecular weight is 280 g/mol. The normalized spacial score (nSPS) is 18.9. The number of hydrogen-bond donors (Lipinski definition) is 2. The molecule has 0 unspecified atom stereocenters. The maximum absolute atomic E-state index is 12.0. The smallest absolute Gasteiger partial charge is 0.317 e. The molecule has 1 aliphatic heterocycles. The highest BCUT2D eigenvalue weighted by atomic mass is 16.4. The number of hydrogen-bond acceptors (Lipinski definition) is 3. The Morgan fingerprint density at radius 3 is 3.00 bits per heavy atom. The summed E-state index contributed by atoms with van der Waals surface area (Å²) in [6, 6.07) is 1.72. The van der Waals surface area contributed by atoms with Crippen molar-refractivity contribution in [3.63, 3.8) is 0 Å². The van der Waals surface area contributed by atoms with Crippen molar-refractivity contribution < 1.29 is 14.7 Å². The number of carbonyl (C=O) groups excluding carboxylic acids is 1. The number of rotatable bonds is 4. The standard InChI is InChI=1S/C13H20N4O3/c1-16-8-5-11(15-16)4-6-14-13(20)17-7-2-3-10(9-17)12(18)19/h5,8,10H,2-4,6-7,9H2,1H3,(H,14,20)(H,18,19)/t10-/m1/s1. The van der Waals surface area contributed by atoms with E-state index in [4.69, 9.17) is 5.11 Å². The number of carboxylic acid groups (broad SMARTS) is 1. The summed E-state index contributed by atoms with van der Waals surface area (Å²) in [6.07, 6.45) is 3.92. The van der Waals surface area contributed by atoms with E-state index in [1.165, 1.54) is 0 Å². The van der Waals surface area contributed by atoms with Gasteiger partial charge in [-0.25, -0.2) is 4.79 Å². The van der Waals surface area contributed by atoms with Crippen molar-refractivity contribution in [2.45, 2.75) is 19.3 Å². The van der Waals surface area contributed by atoms with E-state index < -0.39 is 11.9 Å². The van der Waals surface area contributed by atoms with Crippen LogP contribution >= 0.6 is 0 Å². The number of nitrogens with one attached hydrogen (secondary N) is 1. The zero-order valence-corrected chi connectivity index (χ0v) is 11.6. The van der Waals surface area contributed by atoms with Crippen molar-refractivity contribution in [3.8, 4) is 0 Å². The fraction of sp³-hybridized carbons (Fsp3) is 0.615. The molecule has 0 aliphatic carbocycles. The second kappa shape index (κ2) is 6.40. The first-order valence-electron chi connectivity index (χ1n) is 6.80. The van der Waals surface area contributed by atoms with Gasteiger partial charge in [0.2, 0.25) is 0 Å². The van der Waals surface area contributed by atoms with Crippen molar-refractivity contribution in [2.75, 3.05) is 19.6 Å². The van der Waals surface area contributed by atoms with Gasteiger partial charge in [0.25, 0.3) is 0 Å². The van der Waals surface area contributed by atoms with Crippen molar-refractivity contribution >= 4 is 12.0 Å². The molecule has 1 fully saturated rings. The van der Waals surface area contributed by atoms with Crippen molar-refractivity contribution in [3.05, 3.63) is 18.0 Å². The minimum Gasteiger partial charge on any atom is -0.481 e. The number of likely N-dealkylation sites (tertiary alicyclic amines) is 1. The zero-order chi connectivity index (χ0) is 14.5. The lowest BCUT2D eigenvalue weighted by molar-refractivity contribution is -0.143. The van der Waals surface area contributed by atoms with Crippen LogP contribution < -0.4 is 5.32 Å². The van der Waals surface area contributed by atoms with Crippen LogP contribution in [0.25, 0.3) is 0 Å². The number of carboxylic acids is 1. The molecule has 0 aromatic carbocycles. The van der Waals surface area contributed by atoms with E-state index in [1.54, 1.807) is 9.58 Å². The first-order chi connectivity index (χ1) is 9.56. The number of aryl methyl sites for hydroxylation is 1. The van der Waals surface area contributed by atoms with E-state index in [1.807, 2.05) is 19.3 Å². The van der Waals surface area contributed by atoms with Crippen LogP contribution in [0.5, 0.6) is 0 Å². The van der Waals surface area contributed by atoms with Crippen molar-refractivity contribution in [1.82, 2.24) is 20.0 Å². The summed E-state index contributed by atoms with van der Waals surface area (Å²) in [4.78, 5) is 24.5. The fourth-order valence-electron chi connectivity index (χ4n) is 2.37.